The summed E-state index contributed by atoms with van der Waals surface area (Å²) in [4.78, 5) is 15.4. The number of aliphatic carboxylic acids is 1. The molecule has 0 bridgehead atoms. The Bertz CT molecular complexity index is 315. The van der Waals surface area contributed by atoms with Gasteiger partial charge in [0, 0.05) is 18.0 Å². The van der Waals surface area contributed by atoms with Crippen LogP contribution in [0.25, 0.3) is 0 Å². The highest BCUT2D eigenvalue weighted by molar-refractivity contribution is 5.79. The second kappa shape index (κ2) is 4.62. The summed E-state index contributed by atoms with van der Waals surface area (Å²) in [7, 11) is 3.80. The third-order valence-electron chi connectivity index (χ3n) is 1.92. The van der Waals surface area contributed by atoms with Crippen LogP contribution >= 0.6 is 0 Å². The van der Waals surface area contributed by atoms with Crippen LogP contribution in [-0.4, -0.2) is 35.1 Å². The van der Waals surface area contributed by atoms with Crippen LogP contribution in [0.5, 0.6) is 0 Å². The maximum Gasteiger partial charge on any atom is 0.328 e. The molecular formula is C10H14N2O2. The van der Waals surface area contributed by atoms with Gasteiger partial charge in [0.15, 0.2) is 0 Å². The second-order valence-corrected chi connectivity index (χ2v) is 3.23. The van der Waals surface area contributed by atoms with E-state index in [-0.39, 0.29) is 6.04 Å². The minimum Gasteiger partial charge on any atom is -0.478 e. The predicted molar refractivity (Wildman–Crippen MR) is 54.0 cm³/mol. The zero-order valence-corrected chi connectivity index (χ0v) is 8.27. The van der Waals surface area contributed by atoms with Gasteiger partial charge in [0.25, 0.3) is 0 Å². The molecule has 1 atom stereocenters. The first-order valence-electron chi connectivity index (χ1n) is 4.32. The molecule has 0 saturated carbocycles. The summed E-state index contributed by atoms with van der Waals surface area (Å²) in [6, 6.07) is 3.79. The quantitative estimate of drug-likeness (QED) is 0.709. The van der Waals surface area contributed by atoms with Crippen molar-refractivity contribution in [2.45, 2.75) is 6.04 Å². The van der Waals surface area contributed by atoms with Crippen LogP contribution in [0.15, 0.2) is 30.5 Å². The van der Waals surface area contributed by atoms with Gasteiger partial charge >= 0.3 is 5.97 Å². The number of nitrogens with one attached hydrogen (secondary N) is 1. The van der Waals surface area contributed by atoms with E-state index in [0.29, 0.717) is 0 Å². The fraction of sp³-hybridized carbons (Fsp3) is 0.300. The van der Waals surface area contributed by atoms with Gasteiger partial charge in [-0.3, -0.25) is 4.90 Å². The number of rotatable bonds is 4. The molecule has 0 amide bonds. The molecule has 0 radical (unpaired) electrons. The Morgan fingerprint density at radius 1 is 1.64 bits per heavy atom. The van der Waals surface area contributed by atoms with Crippen molar-refractivity contribution in [2.24, 2.45) is 0 Å². The van der Waals surface area contributed by atoms with Gasteiger partial charge in [-0.15, -0.1) is 0 Å². The third kappa shape index (κ3) is 2.74. The number of carbonyl (C=O) groups is 1. The summed E-state index contributed by atoms with van der Waals surface area (Å²) in [6.07, 6.45) is 4.63. The molecule has 1 rings (SSSR count). The van der Waals surface area contributed by atoms with E-state index < -0.39 is 5.97 Å². The number of hydrogen-bond donors (Lipinski definition) is 2. The molecule has 4 nitrogen and oxygen atoms in total. The number of carboxylic acid groups (broad SMARTS) is 1. The monoisotopic (exact) mass is 194 g/mol. The van der Waals surface area contributed by atoms with E-state index in [4.69, 9.17) is 5.11 Å². The van der Waals surface area contributed by atoms with Crippen molar-refractivity contribution in [3.05, 3.63) is 36.2 Å². The Morgan fingerprint density at radius 3 is 2.79 bits per heavy atom. The molecule has 1 aromatic heterocycles. The highest BCUT2D eigenvalue weighted by atomic mass is 16.4. The molecule has 2 N–H and O–H groups in total. The van der Waals surface area contributed by atoms with Gasteiger partial charge in [-0.25, -0.2) is 4.79 Å². The molecule has 0 aliphatic heterocycles. The SMILES string of the molecule is CN(C)C(/C=C/C(=O)O)c1ccc[nH]1. The lowest BCUT2D eigenvalue weighted by Gasteiger charge is -2.19. The zero-order chi connectivity index (χ0) is 10.6. The Kier molecular flexibility index (Phi) is 3.48. The number of likely N-dealkylation sites (N-methyl/N-ethyl adjacent to an activating group) is 1. The topological polar surface area (TPSA) is 56.3 Å². The van der Waals surface area contributed by atoms with Crippen molar-refractivity contribution in [3.8, 4) is 0 Å². The second-order valence-electron chi connectivity index (χ2n) is 3.23. The highest BCUT2D eigenvalue weighted by Crippen LogP contribution is 2.17. The predicted octanol–water partition coefficient (Wildman–Crippen LogP) is 1.26. The number of aromatic nitrogens is 1. The summed E-state index contributed by atoms with van der Waals surface area (Å²) in [5.41, 5.74) is 0.979. The smallest absolute Gasteiger partial charge is 0.328 e. The summed E-state index contributed by atoms with van der Waals surface area (Å²) in [5, 5.41) is 8.53. The molecule has 0 aliphatic rings. The van der Waals surface area contributed by atoms with Crippen LogP contribution in [0.1, 0.15) is 11.7 Å². The number of carboxylic acids is 1. The third-order valence-corrected chi connectivity index (χ3v) is 1.92. The first-order valence-corrected chi connectivity index (χ1v) is 4.32. The van der Waals surface area contributed by atoms with Gasteiger partial charge in [-0.05, 0) is 26.2 Å². The van der Waals surface area contributed by atoms with Crippen molar-refractivity contribution in [1.82, 2.24) is 9.88 Å². The summed E-state index contributed by atoms with van der Waals surface area (Å²) < 4.78 is 0. The Morgan fingerprint density at radius 2 is 2.36 bits per heavy atom. The van der Waals surface area contributed by atoms with Crippen LogP contribution in [0, 0.1) is 0 Å². The van der Waals surface area contributed by atoms with E-state index in [9.17, 15) is 4.79 Å². The molecule has 0 aliphatic carbocycles. The first kappa shape index (κ1) is 10.5. The molecule has 1 aromatic rings. The molecule has 0 fully saturated rings. The fourth-order valence-corrected chi connectivity index (χ4v) is 1.26. The number of aromatic amines is 1. The molecule has 76 valence electrons. The van der Waals surface area contributed by atoms with Crippen molar-refractivity contribution < 1.29 is 9.90 Å². The van der Waals surface area contributed by atoms with Gasteiger partial charge in [-0.1, -0.05) is 6.08 Å². The largest absolute Gasteiger partial charge is 0.478 e. The van der Waals surface area contributed by atoms with Crippen LogP contribution < -0.4 is 0 Å². The van der Waals surface area contributed by atoms with Gasteiger partial charge < -0.3 is 10.1 Å². The van der Waals surface area contributed by atoms with Gasteiger partial charge in [0.05, 0.1) is 6.04 Å². The summed E-state index contributed by atoms with van der Waals surface area (Å²) in [6.45, 7) is 0. The molecule has 1 heterocycles. The molecule has 0 saturated heterocycles. The van der Waals surface area contributed by atoms with E-state index in [2.05, 4.69) is 4.98 Å². The molecular weight excluding hydrogens is 180 g/mol. The van der Waals surface area contributed by atoms with Crippen LogP contribution in [0.2, 0.25) is 0 Å². The van der Waals surface area contributed by atoms with E-state index in [0.717, 1.165) is 11.8 Å². The fourth-order valence-electron chi connectivity index (χ4n) is 1.26. The zero-order valence-electron chi connectivity index (χ0n) is 8.27. The number of nitrogens with zero attached hydrogens (tertiary/aromatic N) is 1. The minimum atomic E-state index is -0.927. The van der Waals surface area contributed by atoms with Gasteiger partial charge in [0.1, 0.15) is 0 Å². The van der Waals surface area contributed by atoms with Crippen LogP contribution in [0.3, 0.4) is 0 Å². The van der Waals surface area contributed by atoms with Crippen molar-refractivity contribution >= 4 is 5.97 Å². The minimum absolute atomic E-state index is 0.0268. The number of H-pyrrole nitrogens is 1. The highest BCUT2D eigenvalue weighted by Gasteiger charge is 2.10. The van der Waals surface area contributed by atoms with E-state index >= 15 is 0 Å². The van der Waals surface area contributed by atoms with Gasteiger partial charge in [-0.2, -0.15) is 0 Å². The van der Waals surface area contributed by atoms with E-state index in [1.807, 2.05) is 37.3 Å². The lowest BCUT2D eigenvalue weighted by molar-refractivity contribution is -0.131. The Hall–Kier alpha value is -1.55. The molecule has 0 spiro atoms. The number of hydrogen-bond acceptors (Lipinski definition) is 2. The first-order chi connectivity index (χ1) is 6.61. The van der Waals surface area contributed by atoms with E-state index in [1.165, 1.54) is 0 Å². The van der Waals surface area contributed by atoms with Crippen molar-refractivity contribution in [2.75, 3.05) is 14.1 Å². The molecule has 14 heavy (non-hydrogen) atoms. The van der Waals surface area contributed by atoms with Crippen LogP contribution in [0.4, 0.5) is 0 Å². The molecule has 1 unspecified atom stereocenters. The Labute approximate surface area is 82.9 Å². The van der Waals surface area contributed by atoms with Crippen molar-refractivity contribution in [1.29, 1.82) is 0 Å². The standard InChI is InChI=1S/C10H14N2O2/c1-12(2)9(5-6-10(13)14)8-4-3-7-11-8/h3-7,9,11H,1-2H3,(H,13,14)/b6-5+. The average Bonchev–Trinajstić information content (AvgIpc) is 2.56. The Balaban J connectivity index is 2.81. The van der Waals surface area contributed by atoms with E-state index in [1.54, 1.807) is 6.08 Å². The maximum atomic E-state index is 10.4. The molecule has 4 heteroatoms. The lowest BCUT2D eigenvalue weighted by atomic mass is 10.2. The van der Waals surface area contributed by atoms with Crippen LogP contribution in [-0.2, 0) is 4.79 Å². The summed E-state index contributed by atoms with van der Waals surface area (Å²) >= 11 is 0. The lowest BCUT2D eigenvalue weighted by Crippen LogP contribution is -2.18. The normalized spacial score (nSPS) is 13.6. The average molecular weight is 194 g/mol. The van der Waals surface area contributed by atoms with Crippen molar-refractivity contribution in [3.63, 3.8) is 0 Å². The molecule has 0 aromatic carbocycles. The maximum absolute atomic E-state index is 10.4. The van der Waals surface area contributed by atoms with Gasteiger partial charge in [0.2, 0.25) is 0 Å². The summed E-state index contributed by atoms with van der Waals surface area (Å²) in [5.74, 6) is -0.927.